The lowest BCUT2D eigenvalue weighted by Gasteiger charge is -2.30. The van der Waals surface area contributed by atoms with Gasteiger partial charge in [-0.15, -0.1) is 0 Å². The number of carbonyl (C=O) groups excluding carboxylic acids is 1. The largest absolute Gasteiger partial charge is 0.504 e. The highest BCUT2D eigenvalue weighted by Crippen LogP contribution is 2.31. The smallest absolute Gasteiger partial charge is 0.257 e. The average Bonchev–Trinajstić information content (AvgIpc) is 2.38. The fraction of sp³-hybridized carbons (Fsp3) is 0.462. The molecule has 1 aliphatic heterocycles. The molecule has 1 heterocycles. The number of benzene rings is 1. The van der Waals surface area contributed by atoms with Crippen LogP contribution in [0.2, 0.25) is 0 Å². The van der Waals surface area contributed by atoms with Crippen LogP contribution in [0.5, 0.6) is 11.5 Å². The number of para-hydroxylation sites is 1. The molecule has 1 fully saturated rings. The Morgan fingerprint density at radius 1 is 1.56 bits per heavy atom. The van der Waals surface area contributed by atoms with Crippen molar-refractivity contribution < 1.29 is 14.6 Å². The molecule has 0 aliphatic carbocycles. The fourth-order valence-corrected chi connectivity index (χ4v) is 2.81. The standard InChI is InChI=1S/C13H16BrNO3/c1-18-11-6-2-5-10(12(11)16)13(17)15-7-3-4-9(14)8-15/h2,5-6,9,16H,3-4,7-8H2,1H3. The topological polar surface area (TPSA) is 49.8 Å². The van der Waals surface area contributed by atoms with E-state index in [0.29, 0.717) is 22.7 Å². The summed E-state index contributed by atoms with van der Waals surface area (Å²) >= 11 is 3.54. The molecule has 1 atom stereocenters. The predicted octanol–water partition coefficient (Wildman–Crippen LogP) is 2.40. The van der Waals surface area contributed by atoms with Crippen LogP contribution in [0.15, 0.2) is 18.2 Å². The average molecular weight is 314 g/mol. The number of amides is 1. The summed E-state index contributed by atoms with van der Waals surface area (Å²) in [7, 11) is 1.47. The number of halogens is 1. The summed E-state index contributed by atoms with van der Waals surface area (Å²) in [5.74, 6) is 0.102. The van der Waals surface area contributed by atoms with Gasteiger partial charge in [0.2, 0.25) is 0 Å². The van der Waals surface area contributed by atoms with E-state index in [0.717, 1.165) is 19.4 Å². The predicted molar refractivity (Wildman–Crippen MR) is 72.5 cm³/mol. The number of phenolic OH excluding ortho intramolecular Hbond substituents is 1. The zero-order valence-corrected chi connectivity index (χ0v) is 11.8. The fourth-order valence-electron chi connectivity index (χ4n) is 2.14. The van der Waals surface area contributed by atoms with Gasteiger partial charge < -0.3 is 14.7 Å². The summed E-state index contributed by atoms with van der Waals surface area (Å²) in [4.78, 5) is 14.4. The van der Waals surface area contributed by atoms with Crippen LogP contribution in [0.25, 0.3) is 0 Å². The lowest BCUT2D eigenvalue weighted by Crippen LogP contribution is -2.40. The van der Waals surface area contributed by atoms with Gasteiger partial charge in [0, 0.05) is 17.9 Å². The zero-order valence-electron chi connectivity index (χ0n) is 10.2. The van der Waals surface area contributed by atoms with Gasteiger partial charge in [0.15, 0.2) is 11.5 Å². The van der Waals surface area contributed by atoms with Crippen LogP contribution < -0.4 is 4.74 Å². The summed E-state index contributed by atoms with van der Waals surface area (Å²) < 4.78 is 5.01. The Morgan fingerprint density at radius 2 is 2.33 bits per heavy atom. The molecule has 0 bridgehead atoms. The van der Waals surface area contributed by atoms with Gasteiger partial charge in [-0.05, 0) is 25.0 Å². The molecule has 0 spiro atoms. The molecule has 1 unspecified atom stereocenters. The summed E-state index contributed by atoms with van der Waals surface area (Å²) in [5.41, 5.74) is 0.302. The first-order valence-electron chi connectivity index (χ1n) is 5.92. The molecule has 5 heteroatoms. The van der Waals surface area contributed by atoms with Crippen LogP contribution >= 0.6 is 15.9 Å². The van der Waals surface area contributed by atoms with Crippen molar-refractivity contribution in [2.24, 2.45) is 0 Å². The number of piperidine rings is 1. The molecule has 1 N–H and O–H groups in total. The quantitative estimate of drug-likeness (QED) is 0.853. The van der Waals surface area contributed by atoms with Crippen LogP contribution in [0.1, 0.15) is 23.2 Å². The van der Waals surface area contributed by atoms with E-state index in [1.165, 1.54) is 7.11 Å². The van der Waals surface area contributed by atoms with Gasteiger partial charge in [-0.3, -0.25) is 4.79 Å². The molecule has 0 radical (unpaired) electrons. The van der Waals surface area contributed by atoms with Gasteiger partial charge >= 0.3 is 0 Å². The third-order valence-corrected chi connectivity index (χ3v) is 3.85. The van der Waals surface area contributed by atoms with E-state index in [2.05, 4.69) is 15.9 Å². The minimum absolute atomic E-state index is 0.0818. The summed E-state index contributed by atoms with van der Waals surface area (Å²) in [6.45, 7) is 1.41. The summed E-state index contributed by atoms with van der Waals surface area (Å²) in [6, 6.07) is 4.97. The van der Waals surface area contributed by atoms with Crippen LogP contribution in [-0.2, 0) is 0 Å². The zero-order chi connectivity index (χ0) is 13.1. The van der Waals surface area contributed by atoms with Gasteiger partial charge in [-0.1, -0.05) is 22.0 Å². The maximum Gasteiger partial charge on any atom is 0.257 e. The van der Waals surface area contributed by atoms with Crippen molar-refractivity contribution in [3.05, 3.63) is 23.8 Å². The lowest BCUT2D eigenvalue weighted by molar-refractivity contribution is 0.0726. The highest BCUT2D eigenvalue weighted by Gasteiger charge is 2.25. The molecule has 1 saturated heterocycles. The van der Waals surface area contributed by atoms with E-state index < -0.39 is 0 Å². The van der Waals surface area contributed by atoms with E-state index >= 15 is 0 Å². The number of carbonyl (C=O) groups is 1. The van der Waals surface area contributed by atoms with Crippen molar-refractivity contribution in [3.63, 3.8) is 0 Å². The van der Waals surface area contributed by atoms with Crippen molar-refractivity contribution in [1.29, 1.82) is 0 Å². The molecule has 1 aromatic rings. The first-order valence-corrected chi connectivity index (χ1v) is 6.84. The van der Waals surface area contributed by atoms with Gasteiger partial charge in [0.1, 0.15) is 0 Å². The van der Waals surface area contributed by atoms with E-state index in [1.54, 1.807) is 23.1 Å². The number of hydrogen-bond acceptors (Lipinski definition) is 3. The van der Waals surface area contributed by atoms with Crippen molar-refractivity contribution in [2.45, 2.75) is 17.7 Å². The highest BCUT2D eigenvalue weighted by molar-refractivity contribution is 9.09. The highest BCUT2D eigenvalue weighted by atomic mass is 79.9. The third-order valence-electron chi connectivity index (χ3n) is 3.10. The van der Waals surface area contributed by atoms with Crippen molar-refractivity contribution in [1.82, 2.24) is 4.90 Å². The van der Waals surface area contributed by atoms with Gasteiger partial charge in [-0.25, -0.2) is 0 Å². The van der Waals surface area contributed by atoms with Crippen LogP contribution in [0, 0.1) is 0 Å². The van der Waals surface area contributed by atoms with E-state index in [9.17, 15) is 9.90 Å². The molecular formula is C13H16BrNO3. The number of aromatic hydroxyl groups is 1. The molecule has 18 heavy (non-hydrogen) atoms. The van der Waals surface area contributed by atoms with E-state index in [-0.39, 0.29) is 11.7 Å². The minimum atomic E-state index is -0.143. The van der Waals surface area contributed by atoms with Crippen molar-refractivity contribution in [2.75, 3.05) is 20.2 Å². The van der Waals surface area contributed by atoms with Crippen LogP contribution in [0.4, 0.5) is 0 Å². The normalized spacial score (nSPS) is 19.7. The second kappa shape index (κ2) is 5.61. The monoisotopic (exact) mass is 313 g/mol. The molecule has 1 aromatic carbocycles. The molecule has 0 aromatic heterocycles. The Bertz CT molecular complexity index is 450. The number of likely N-dealkylation sites (tertiary alicyclic amines) is 1. The number of alkyl halides is 1. The number of nitrogens with zero attached hydrogens (tertiary/aromatic N) is 1. The van der Waals surface area contributed by atoms with Crippen molar-refractivity contribution >= 4 is 21.8 Å². The Kier molecular flexibility index (Phi) is 4.11. The second-order valence-corrected chi connectivity index (χ2v) is 5.64. The molecule has 98 valence electrons. The van der Waals surface area contributed by atoms with Gasteiger partial charge in [-0.2, -0.15) is 0 Å². The van der Waals surface area contributed by atoms with Crippen LogP contribution in [-0.4, -0.2) is 40.9 Å². The first-order chi connectivity index (χ1) is 8.63. The minimum Gasteiger partial charge on any atom is -0.504 e. The molecule has 0 saturated carbocycles. The SMILES string of the molecule is COc1cccc(C(=O)N2CCCC(Br)C2)c1O. The number of methoxy groups -OCH3 is 1. The Hall–Kier alpha value is -1.23. The van der Waals surface area contributed by atoms with Gasteiger partial charge in [0.25, 0.3) is 5.91 Å². The first kappa shape index (κ1) is 13.2. The second-order valence-electron chi connectivity index (χ2n) is 4.35. The summed E-state index contributed by atoms with van der Waals surface area (Å²) in [5, 5.41) is 9.97. The van der Waals surface area contributed by atoms with Crippen molar-refractivity contribution in [3.8, 4) is 11.5 Å². The van der Waals surface area contributed by atoms with Gasteiger partial charge in [0.05, 0.1) is 12.7 Å². The third kappa shape index (κ3) is 2.61. The number of ether oxygens (including phenoxy) is 1. The maximum absolute atomic E-state index is 12.3. The Labute approximate surface area is 115 Å². The molecule has 1 amide bonds. The molecule has 4 nitrogen and oxygen atoms in total. The molecule has 1 aliphatic rings. The number of rotatable bonds is 2. The van der Waals surface area contributed by atoms with Crippen LogP contribution in [0.3, 0.4) is 0 Å². The molecular weight excluding hydrogens is 298 g/mol. The van der Waals surface area contributed by atoms with E-state index in [1.807, 2.05) is 0 Å². The summed E-state index contributed by atoms with van der Waals surface area (Å²) in [6.07, 6.45) is 2.06. The lowest BCUT2D eigenvalue weighted by atomic mass is 10.1. The molecule has 2 rings (SSSR count). The maximum atomic E-state index is 12.3. The van der Waals surface area contributed by atoms with E-state index in [4.69, 9.17) is 4.74 Å². The Morgan fingerprint density at radius 3 is 3.00 bits per heavy atom. The Balaban J connectivity index is 2.23. The number of hydrogen-bond donors (Lipinski definition) is 1. The number of phenols is 1.